The number of hydrogen-bond acceptors (Lipinski definition) is 3. The van der Waals surface area contributed by atoms with Gasteiger partial charge in [-0.3, -0.25) is 0 Å². The lowest BCUT2D eigenvalue weighted by Crippen LogP contribution is -2.04. The van der Waals surface area contributed by atoms with Gasteiger partial charge in [0.15, 0.2) is 5.76 Å². The van der Waals surface area contributed by atoms with E-state index in [0.717, 1.165) is 5.69 Å². The average Bonchev–Trinajstić information content (AvgIpc) is 2.67. The van der Waals surface area contributed by atoms with Crippen molar-refractivity contribution in [1.82, 2.24) is 10.5 Å². The summed E-state index contributed by atoms with van der Waals surface area (Å²) in [7, 11) is 1.81. The minimum atomic E-state index is -0.332. The fraction of sp³-hybridized carbons (Fsp3) is 0.182. The van der Waals surface area contributed by atoms with E-state index in [0.29, 0.717) is 22.3 Å². The molecule has 0 fully saturated rings. The molecule has 16 heavy (non-hydrogen) atoms. The molecule has 0 unspecified atom stereocenters. The van der Waals surface area contributed by atoms with Crippen LogP contribution >= 0.6 is 15.9 Å². The molecule has 0 saturated heterocycles. The quantitative estimate of drug-likeness (QED) is 0.942. The largest absolute Gasteiger partial charge is 0.356 e. The van der Waals surface area contributed by atoms with Crippen LogP contribution in [0.2, 0.25) is 0 Å². The van der Waals surface area contributed by atoms with E-state index in [-0.39, 0.29) is 5.82 Å². The third-order valence-electron chi connectivity index (χ3n) is 2.11. The second-order valence-corrected chi connectivity index (χ2v) is 4.25. The van der Waals surface area contributed by atoms with Crippen molar-refractivity contribution < 1.29 is 8.91 Å². The maximum absolute atomic E-state index is 13.6. The Morgan fingerprint density at radius 1 is 1.44 bits per heavy atom. The number of benzene rings is 1. The Balaban J connectivity index is 2.35. The molecule has 0 spiro atoms. The van der Waals surface area contributed by atoms with Gasteiger partial charge >= 0.3 is 0 Å². The fourth-order valence-corrected chi connectivity index (χ4v) is 1.73. The second kappa shape index (κ2) is 4.76. The number of rotatable bonds is 3. The summed E-state index contributed by atoms with van der Waals surface area (Å²) >= 11 is 3.20. The van der Waals surface area contributed by atoms with Gasteiger partial charge in [-0.05, 0) is 25.2 Å². The first kappa shape index (κ1) is 11.3. The highest BCUT2D eigenvalue weighted by Crippen LogP contribution is 2.25. The van der Waals surface area contributed by atoms with E-state index in [1.165, 1.54) is 6.07 Å². The Labute approximate surface area is 101 Å². The van der Waals surface area contributed by atoms with E-state index in [2.05, 4.69) is 26.4 Å². The number of nitrogens with one attached hydrogen (secondary N) is 1. The minimum Gasteiger partial charge on any atom is -0.356 e. The molecule has 0 saturated carbocycles. The van der Waals surface area contributed by atoms with Crippen molar-refractivity contribution in [2.45, 2.75) is 6.54 Å². The second-order valence-electron chi connectivity index (χ2n) is 3.34. The molecular formula is C11H10BrFN2O. The summed E-state index contributed by atoms with van der Waals surface area (Å²) in [6, 6.07) is 6.54. The fourth-order valence-electron chi connectivity index (χ4n) is 1.39. The zero-order valence-electron chi connectivity index (χ0n) is 8.63. The smallest absolute Gasteiger partial charge is 0.170 e. The Kier molecular flexibility index (Phi) is 3.36. The molecule has 84 valence electrons. The Bertz CT molecular complexity index is 498. The first-order valence-electron chi connectivity index (χ1n) is 4.76. The van der Waals surface area contributed by atoms with Crippen molar-refractivity contribution >= 4 is 15.9 Å². The summed E-state index contributed by atoms with van der Waals surface area (Å²) in [6.07, 6.45) is 0. The van der Waals surface area contributed by atoms with Crippen LogP contribution in [-0.2, 0) is 6.54 Å². The van der Waals surface area contributed by atoms with Gasteiger partial charge in [0.05, 0.1) is 11.3 Å². The summed E-state index contributed by atoms with van der Waals surface area (Å²) in [5, 5.41) is 6.78. The monoisotopic (exact) mass is 284 g/mol. The summed E-state index contributed by atoms with van der Waals surface area (Å²) in [5.74, 6) is 0.108. The van der Waals surface area contributed by atoms with Crippen LogP contribution in [0, 0.1) is 5.82 Å². The molecule has 2 rings (SSSR count). The first-order valence-corrected chi connectivity index (χ1v) is 5.55. The van der Waals surface area contributed by atoms with E-state index >= 15 is 0 Å². The van der Waals surface area contributed by atoms with Crippen LogP contribution in [0.3, 0.4) is 0 Å². The van der Waals surface area contributed by atoms with E-state index < -0.39 is 0 Å². The third kappa shape index (κ3) is 2.31. The van der Waals surface area contributed by atoms with Crippen LogP contribution < -0.4 is 5.32 Å². The summed E-state index contributed by atoms with van der Waals surface area (Å²) in [4.78, 5) is 0. The van der Waals surface area contributed by atoms with Gasteiger partial charge in [0.1, 0.15) is 5.82 Å². The molecule has 1 N–H and O–H groups in total. The van der Waals surface area contributed by atoms with Crippen LogP contribution in [0.5, 0.6) is 0 Å². The maximum Gasteiger partial charge on any atom is 0.170 e. The lowest BCUT2D eigenvalue weighted by molar-refractivity contribution is 0.419. The van der Waals surface area contributed by atoms with E-state index in [1.54, 1.807) is 18.2 Å². The van der Waals surface area contributed by atoms with Crippen molar-refractivity contribution in [2.24, 2.45) is 0 Å². The molecule has 0 aliphatic heterocycles. The molecule has 1 aromatic carbocycles. The van der Waals surface area contributed by atoms with Crippen molar-refractivity contribution in [1.29, 1.82) is 0 Å². The Hall–Kier alpha value is -1.20. The lowest BCUT2D eigenvalue weighted by atomic mass is 10.1. The highest BCUT2D eigenvalue weighted by atomic mass is 79.9. The molecule has 1 heterocycles. The van der Waals surface area contributed by atoms with Crippen LogP contribution in [-0.4, -0.2) is 12.2 Å². The van der Waals surface area contributed by atoms with Gasteiger partial charge in [-0.15, -0.1) is 0 Å². The van der Waals surface area contributed by atoms with Gasteiger partial charge in [0, 0.05) is 17.1 Å². The first-order chi connectivity index (χ1) is 7.70. The number of nitrogens with zero attached hydrogens (tertiary/aromatic N) is 1. The molecule has 0 atom stereocenters. The minimum absolute atomic E-state index is 0.332. The zero-order valence-corrected chi connectivity index (χ0v) is 10.2. The molecule has 0 aliphatic rings. The van der Waals surface area contributed by atoms with E-state index in [4.69, 9.17) is 4.52 Å². The van der Waals surface area contributed by atoms with Gasteiger partial charge in [-0.2, -0.15) is 0 Å². The van der Waals surface area contributed by atoms with Crippen LogP contribution in [0.25, 0.3) is 11.3 Å². The van der Waals surface area contributed by atoms with Crippen molar-refractivity contribution in [2.75, 3.05) is 7.05 Å². The summed E-state index contributed by atoms with van der Waals surface area (Å²) in [5.41, 5.74) is 1.16. The number of aromatic nitrogens is 1. The average molecular weight is 285 g/mol. The highest BCUT2D eigenvalue weighted by Gasteiger charge is 2.11. The highest BCUT2D eigenvalue weighted by molar-refractivity contribution is 9.10. The van der Waals surface area contributed by atoms with E-state index in [9.17, 15) is 4.39 Å². The standard InChI is InChI=1S/C11H10BrFN2O/c1-14-6-8-5-11(16-15-8)9-3-2-7(12)4-10(9)13/h2-5,14H,6H2,1H3. The summed E-state index contributed by atoms with van der Waals surface area (Å²) in [6.45, 7) is 0.599. The molecule has 5 heteroatoms. The van der Waals surface area contributed by atoms with Crippen molar-refractivity contribution in [3.63, 3.8) is 0 Å². The Morgan fingerprint density at radius 3 is 2.94 bits per heavy atom. The number of halogens is 2. The van der Waals surface area contributed by atoms with Crippen LogP contribution in [0.4, 0.5) is 4.39 Å². The SMILES string of the molecule is CNCc1cc(-c2ccc(Br)cc2F)on1. The molecule has 2 aromatic rings. The van der Waals surface area contributed by atoms with Crippen LogP contribution in [0.15, 0.2) is 33.3 Å². The number of hydrogen-bond donors (Lipinski definition) is 1. The van der Waals surface area contributed by atoms with Gasteiger partial charge in [-0.25, -0.2) is 4.39 Å². The van der Waals surface area contributed by atoms with Crippen LogP contribution in [0.1, 0.15) is 5.69 Å². The maximum atomic E-state index is 13.6. The topological polar surface area (TPSA) is 38.1 Å². The molecule has 0 amide bonds. The summed E-state index contributed by atoms with van der Waals surface area (Å²) < 4.78 is 19.4. The molecule has 1 aromatic heterocycles. The normalized spacial score (nSPS) is 10.7. The third-order valence-corrected chi connectivity index (χ3v) is 2.61. The van der Waals surface area contributed by atoms with Crippen molar-refractivity contribution in [3.8, 4) is 11.3 Å². The predicted octanol–water partition coefficient (Wildman–Crippen LogP) is 2.96. The zero-order chi connectivity index (χ0) is 11.5. The molecule has 0 radical (unpaired) electrons. The molecular weight excluding hydrogens is 275 g/mol. The van der Waals surface area contributed by atoms with Gasteiger partial charge < -0.3 is 9.84 Å². The molecule has 0 aliphatic carbocycles. The Morgan fingerprint density at radius 2 is 2.25 bits per heavy atom. The predicted molar refractivity (Wildman–Crippen MR) is 62.4 cm³/mol. The van der Waals surface area contributed by atoms with Gasteiger partial charge in [0.2, 0.25) is 0 Å². The lowest BCUT2D eigenvalue weighted by Gasteiger charge is -1.98. The molecule has 3 nitrogen and oxygen atoms in total. The van der Waals surface area contributed by atoms with E-state index in [1.807, 2.05) is 7.05 Å². The molecule has 0 bridgehead atoms. The van der Waals surface area contributed by atoms with Crippen molar-refractivity contribution in [3.05, 3.63) is 40.2 Å². The van der Waals surface area contributed by atoms with Gasteiger partial charge in [-0.1, -0.05) is 21.1 Å². The van der Waals surface area contributed by atoms with Gasteiger partial charge in [0.25, 0.3) is 0 Å².